The zero-order valence-electron chi connectivity index (χ0n) is 13.3. The zero-order valence-corrected chi connectivity index (χ0v) is 14.1. The van der Waals surface area contributed by atoms with Gasteiger partial charge in [0.1, 0.15) is 5.75 Å². The van der Waals surface area contributed by atoms with Crippen LogP contribution in [-0.2, 0) is 0 Å². The summed E-state index contributed by atoms with van der Waals surface area (Å²) in [7, 11) is 0. The summed E-state index contributed by atoms with van der Waals surface area (Å²) in [6.07, 6.45) is 2.16. The van der Waals surface area contributed by atoms with Crippen LogP contribution in [0.5, 0.6) is 5.75 Å². The van der Waals surface area contributed by atoms with Crippen LogP contribution in [0, 0.1) is 0 Å². The van der Waals surface area contributed by atoms with E-state index >= 15 is 0 Å². The fourth-order valence-corrected chi connectivity index (χ4v) is 3.00. The molecule has 3 nitrogen and oxygen atoms in total. The minimum Gasteiger partial charge on any atom is -0.423 e. The Morgan fingerprint density at radius 1 is 1.17 bits per heavy atom. The topological polar surface area (TPSA) is 38.3 Å². The Bertz CT molecular complexity index is 809. The van der Waals surface area contributed by atoms with Gasteiger partial charge in [-0.2, -0.15) is 0 Å². The van der Waals surface area contributed by atoms with Crippen molar-refractivity contribution in [1.29, 1.82) is 0 Å². The summed E-state index contributed by atoms with van der Waals surface area (Å²) >= 11 is 5.91. The molecule has 1 aliphatic heterocycles. The first kappa shape index (κ1) is 15.6. The van der Waals surface area contributed by atoms with Gasteiger partial charge in [0, 0.05) is 16.3 Å². The van der Waals surface area contributed by atoms with Gasteiger partial charge in [0.25, 0.3) is 0 Å². The molecule has 0 aliphatic carbocycles. The van der Waals surface area contributed by atoms with Crippen molar-refractivity contribution >= 4 is 28.8 Å². The fourth-order valence-electron chi connectivity index (χ4n) is 2.81. The number of nitrogens with one attached hydrogen (secondary N) is 1. The van der Waals surface area contributed by atoms with E-state index in [0.29, 0.717) is 16.3 Å². The van der Waals surface area contributed by atoms with Crippen LogP contribution in [0.25, 0.3) is 5.57 Å². The molecule has 0 saturated heterocycles. The molecule has 0 fully saturated rings. The number of hydrogen-bond donors (Lipinski definition) is 1. The van der Waals surface area contributed by atoms with Gasteiger partial charge in [-0.1, -0.05) is 23.7 Å². The number of allylic oxidation sites excluding steroid dienone is 1. The van der Waals surface area contributed by atoms with Gasteiger partial charge in [-0.3, -0.25) is 0 Å². The fraction of sp³-hybridized carbons (Fsp3) is 0.211. The van der Waals surface area contributed by atoms with Crippen LogP contribution in [0.4, 0.5) is 5.69 Å². The van der Waals surface area contributed by atoms with E-state index < -0.39 is 5.97 Å². The lowest BCUT2D eigenvalue weighted by molar-refractivity contribution is 0.0734. The summed E-state index contributed by atoms with van der Waals surface area (Å²) in [4.78, 5) is 12.2. The Hall–Kier alpha value is -2.26. The molecule has 0 spiro atoms. The number of ether oxygens (including phenoxy) is 1. The molecule has 0 bridgehead atoms. The van der Waals surface area contributed by atoms with Crippen LogP contribution in [0.3, 0.4) is 0 Å². The maximum atomic E-state index is 12.2. The van der Waals surface area contributed by atoms with Gasteiger partial charge in [-0.25, -0.2) is 4.79 Å². The highest BCUT2D eigenvalue weighted by Crippen LogP contribution is 2.35. The lowest BCUT2D eigenvalue weighted by Gasteiger charge is -2.31. The molecule has 0 amide bonds. The van der Waals surface area contributed by atoms with Crippen molar-refractivity contribution in [3.63, 3.8) is 0 Å². The number of hydrogen-bond acceptors (Lipinski definition) is 3. The molecule has 0 radical (unpaired) electrons. The molecule has 23 heavy (non-hydrogen) atoms. The summed E-state index contributed by atoms with van der Waals surface area (Å²) in [5.41, 5.74) is 3.58. The summed E-state index contributed by atoms with van der Waals surface area (Å²) in [5, 5.41) is 3.96. The molecule has 1 heterocycles. The van der Waals surface area contributed by atoms with Gasteiger partial charge in [-0.15, -0.1) is 0 Å². The minimum atomic E-state index is -0.418. The Balaban J connectivity index is 1.86. The molecule has 1 aliphatic rings. The molecular weight excluding hydrogens is 310 g/mol. The molecule has 0 atom stereocenters. The van der Waals surface area contributed by atoms with Gasteiger partial charge in [-0.05, 0) is 62.7 Å². The van der Waals surface area contributed by atoms with Crippen molar-refractivity contribution in [1.82, 2.24) is 0 Å². The van der Waals surface area contributed by atoms with E-state index in [2.05, 4.69) is 32.2 Å². The van der Waals surface area contributed by atoms with Gasteiger partial charge in [0.15, 0.2) is 0 Å². The Kier molecular flexibility index (Phi) is 3.90. The van der Waals surface area contributed by atoms with Crippen LogP contribution in [0.1, 0.15) is 36.7 Å². The molecule has 0 aromatic heterocycles. The molecule has 2 aromatic rings. The summed E-state index contributed by atoms with van der Waals surface area (Å²) < 4.78 is 5.47. The molecular formula is C19H18ClNO2. The number of benzene rings is 2. The molecule has 0 saturated carbocycles. The van der Waals surface area contributed by atoms with E-state index in [9.17, 15) is 4.79 Å². The molecule has 118 valence electrons. The monoisotopic (exact) mass is 327 g/mol. The van der Waals surface area contributed by atoms with E-state index in [1.807, 2.05) is 12.1 Å². The van der Waals surface area contributed by atoms with Crippen molar-refractivity contribution in [3.05, 3.63) is 64.7 Å². The maximum absolute atomic E-state index is 12.2. The number of esters is 1. The zero-order chi connectivity index (χ0) is 16.6. The van der Waals surface area contributed by atoms with Crippen molar-refractivity contribution in [2.24, 2.45) is 0 Å². The second kappa shape index (κ2) is 5.74. The van der Waals surface area contributed by atoms with Gasteiger partial charge < -0.3 is 10.1 Å². The number of carbonyl (C=O) groups is 1. The quantitative estimate of drug-likeness (QED) is 0.611. The standard InChI is InChI=1S/C19H18ClNO2/c1-12-11-19(2,3)21-17-8-7-15(10-16(12)17)23-18(22)13-5-4-6-14(20)9-13/h4-11,21H,1-3H3. The van der Waals surface area contributed by atoms with Crippen molar-refractivity contribution in [2.75, 3.05) is 5.32 Å². The van der Waals surface area contributed by atoms with Gasteiger partial charge >= 0.3 is 5.97 Å². The van der Waals surface area contributed by atoms with E-state index in [-0.39, 0.29) is 5.54 Å². The van der Waals surface area contributed by atoms with E-state index in [1.165, 1.54) is 0 Å². The first-order valence-corrected chi connectivity index (χ1v) is 7.82. The van der Waals surface area contributed by atoms with Crippen molar-refractivity contribution in [3.8, 4) is 5.75 Å². The Labute approximate surface area is 140 Å². The first-order chi connectivity index (χ1) is 10.8. The van der Waals surface area contributed by atoms with Gasteiger partial charge in [0.2, 0.25) is 0 Å². The normalized spacial score (nSPS) is 15.2. The van der Waals surface area contributed by atoms with Crippen LogP contribution in [-0.4, -0.2) is 11.5 Å². The lowest BCUT2D eigenvalue weighted by atomic mass is 9.91. The van der Waals surface area contributed by atoms with Crippen LogP contribution >= 0.6 is 11.6 Å². The molecule has 3 rings (SSSR count). The third kappa shape index (κ3) is 3.40. The summed E-state index contributed by atoms with van der Waals surface area (Å²) in [5.74, 6) is 0.0983. The Morgan fingerprint density at radius 2 is 1.96 bits per heavy atom. The highest BCUT2D eigenvalue weighted by Gasteiger charge is 2.23. The number of anilines is 1. The van der Waals surface area contributed by atoms with Crippen molar-refractivity contribution < 1.29 is 9.53 Å². The van der Waals surface area contributed by atoms with E-state index in [4.69, 9.17) is 16.3 Å². The first-order valence-electron chi connectivity index (χ1n) is 7.44. The van der Waals surface area contributed by atoms with Gasteiger partial charge in [0.05, 0.1) is 11.1 Å². The molecule has 4 heteroatoms. The second-order valence-electron chi connectivity index (χ2n) is 6.28. The lowest BCUT2D eigenvalue weighted by Crippen LogP contribution is -2.31. The molecule has 1 N–H and O–H groups in total. The average Bonchev–Trinajstić information content (AvgIpc) is 2.47. The molecule has 0 unspecified atom stereocenters. The minimum absolute atomic E-state index is 0.0872. The van der Waals surface area contributed by atoms with Crippen molar-refractivity contribution in [2.45, 2.75) is 26.3 Å². The summed E-state index contributed by atoms with van der Waals surface area (Å²) in [6.45, 7) is 6.29. The number of fused-ring (bicyclic) bond motifs is 1. The smallest absolute Gasteiger partial charge is 0.343 e. The second-order valence-corrected chi connectivity index (χ2v) is 6.72. The van der Waals surface area contributed by atoms with Crippen LogP contribution < -0.4 is 10.1 Å². The third-order valence-electron chi connectivity index (χ3n) is 3.72. The van der Waals surface area contributed by atoms with Crippen LogP contribution in [0.2, 0.25) is 5.02 Å². The predicted octanol–water partition coefficient (Wildman–Crippen LogP) is 5.17. The largest absolute Gasteiger partial charge is 0.423 e. The molecule has 2 aromatic carbocycles. The van der Waals surface area contributed by atoms with Crippen LogP contribution in [0.15, 0.2) is 48.5 Å². The SMILES string of the molecule is CC1=CC(C)(C)Nc2ccc(OC(=O)c3cccc(Cl)c3)cc21. The number of rotatable bonds is 2. The highest BCUT2D eigenvalue weighted by atomic mass is 35.5. The number of halogens is 1. The average molecular weight is 328 g/mol. The van der Waals surface area contributed by atoms with E-state index in [1.54, 1.807) is 30.3 Å². The predicted molar refractivity (Wildman–Crippen MR) is 94.2 cm³/mol. The third-order valence-corrected chi connectivity index (χ3v) is 3.96. The highest BCUT2D eigenvalue weighted by molar-refractivity contribution is 6.30. The maximum Gasteiger partial charge on any atom is 0.343 e. The number of carbonyl (C=O) groups excluding carboxylic acids is 1. The van der Waals surface area contributed by atoms with E-state index in [0.717, 1.165) is 16.8 Å². The summed E-state index contributed by atoms with van der Waals surface area (Å²) in [6, 6.07) is 12.3. The Morgan fingerprint density at radius 3 is 2.70 bits per heavy atom.